The molecule has 0 aliphatic rings. The van der Waals surface area contributed by atoms with E-state index >= 15 is 0 Å². The van der Waals surface area contributed by atoms with Crippen LogP contribution in [0, 0.1) is 20.8 Å². The summed E-state index contributed by atoms with van der Waals surface area (Å²) < 4.78 is 0. The molecule has 0 fully saturated rings. The third-order valence-corrected chi connectivity index (χ3v) is 3.46. The van der Waals surface area contributed by atoms with Crippen LogP contribution in [0.5, 0.6) is 0 Å². The highest BCUT2D eigenvalue weighted by atomic mass is 14.9. The topological polar surface area (TPSA) is 12.0 Å². The smallest absolute Gasteiger partial charge is 0.0399 e. The van der Waals surface area contributed by atoms with Gasteiger partial charge in [-0.25, -0.2) is 0 Å². The average Bonchev–Trinajstić information content (AvgIpc) is 2.38. The molecule has 0 amide bonds. The van der Waals surface area contributed by atoms with Crippen molar-refractivity contribution in [3.05, 3.63) is 64.7 Å². The van der Waals surface area contributed by atoms with Crippen LogP contribution in [-0.4, -0.2) is 6.54 Å². The van der Waals surface area contributed by atoms with Gasteiger partial charge in [-0.1, -0.05) is 48.0 Å². The van der Waals surface area contributed by atoms with Gasteiger partial charge in [0.05, 0.1) is 0 Å². The molecule has 0 heterocycles. The number of anilines is 1. The lowest BCUT2D eigenvalue weighted by molar-refractivity contribution is 0.861. The predicted molar refractivity (Wildman–Crippen MR) is 83.9 cm³/mol. The molecule has 2 rings (SSSR count). The monoisotopic (exact) mass is 253 g/mol. The molecule has 1 heteroatoms. The summed E-state index contributed by atoms with van der Waals surface area (Å²) in [5.41, 5.74) is 6.75. The second-order valence-electron chi connectivity index (χ2n) is 5.29. The molecule has 0 saturated carbocycles. The Morgan fingerprint density at radius 2 is 1.53 bits per heavy atom. The van der Waals surface area contributed by atoms with Crippen LogP contribution in [0.15, 0.2) is 42.5 Å². The number of hydrogen-bond donors (Lipinski definition) is 1. The van der Waals surface area contributed by atoms with E-state index in [0.717, 1.165) is 19.4 Å². The van der Waals surface area contributed by atoms with Crippen LogP contribution in [0.2, 0.25) is 0 Å². The molecule has 0 radical (unpaired) electrons. The van der Waals surface area contributed by atoms with Gasteiger partial charge in [0.2, 0.25) is 0 Å². The first kappa shape index (κ1) is 13.7. The van der Waals surface area contributed by atoms with Crippen molar-refractivity contribution in [1.82, 2.24) is 0 Å². The second-order valence-corrected chi connectivity index (χ2v) is 5.29. The Morgan fingerprint density at radius 3 is 2.16 bits per heavy atom. The van der Waals surface area contributed by atoms with Crippen LogP contribution >= 0.6 is 0 Å². The zero-order chi connectivity index (χ0) is 13.7. The maximum atomic E-state index is 3.58. The molecule has 0 atom stereocenters. The Hall–Kier alpha value is -1.76. The summed E-state index contributed by atoms with van der Waals surface area (Å²) in [6, 6.07) is 15.2. The van der Waals surface area contributed by atoms with E-state index in [-0.39, 0.29) is 0 Å². The van der Waals surface area contributed by atoms with Gasteiger partial charge in [0, 0.05) is 12.2 Å². The van der Waals surface area contributed by atoms with Crippen molar-refractivity contribution in [1.29, 1.82) is 0 Å². The van der Waals surface area contributed by atoms with Gasteiger partial charge in [-0.2, -0.15) is 0 Å². The zero-order valence-corrected chi connectivity index (χ0v) is 12.2. The number of aryl methyl sites for hydroxylation is 4. The molecular formula is C18H23N. The lowest BCUT2D eigenvalue weighted by Crippen LogP contribution is -2.06. The lowest BCUT2D eigenvalue weighted by atomic mass is 10.0. The number of rotatable bonds is 5. The highest BCUT2D eigenvalue weighted by molar-refractivity contribution is 5.58. The first-order chi connectivity index (χ1) is 9.16. The minimum atomic E-state index is 1.03. The van der Waals surface area contributed by atoms with Crippen LogP contribution in [0.25, 0.3) is 0 Å². The van der Waals surface area contributed by atoms with E-state index in [1.54, 1.807) is 0 Å². The molecule has 0 unspecified atom stereocenters. The molecule has 0 aromatic heterocycles. The van der Waals surface area contributed by atoms with Gasteiger partial charge in [-0.05, 0) is 50.3 Å². The van der Waals surface area contributed by atoms with E-state index in [1.165, 1.54) is 27.9 Å². The van der Waals surface area contributed by atoms with Crippen molar-refractivity contribution in [2.24, 2.45) is 0 Å². The van der Waals surface area contributed by atoms with E-state index in [2.05, 4.69) is 68.6 Å². The minimum absolute atomic E-state index is 1.03. The standard InChI is InChI=1S/C18H23N/c1-14-12-15(2)18(16(3)13-14)19-11-7-10-17-8-5-4-6-9-17/h4-6,8-9,12-13,19H,7,10-11H2,1-3H3. The molecule has 1 nitrogen and oxygen atoms in total. The number of benzene rings is 2. The second kappa shape index (κ2) is 6.42. The van der Waals surface area contributed by atoms with Crippen molar-refractivity contribution in [3.63, 3.8) is 0 Å². The average molecular weight is 253 g/mol. The Bertz CT molecular complexity index is 506. The first-order valence-corrected chi connectivity index (χ1v) is 7.02. The molecule has 2 aromatic rings. The van der Waals surface area contributed by atoms with Gasteiger partial charge in [0.1, 0.15) is 0 Å². The summed E-state index contributed by atoms with van der Waals surface area (Å²) in [4.78, 5) is 0. The van der Waals surface area contributed by atoms with Crippen molar-refractivity contribution < 1.29 is 0 Å². The summed E-state index contributed by atoms with van der Waals surface area (Å²) in [5, 5.41) is 3.58. The van der Waals surface area contributed by atoms with Crippen molar-refractivity contribution in [2.45, 2.75) is 33.6 Å². The summed E-state index contributed by atoms with van der Waals surface area (Å²) in [6.45, 7) is 7.54. The highest BCUT2D eigenvalue weighted by Crippen LogP contribution is 2.21. The van der Waals surface area contributed by atoms with Gasteiger partial charge in [0.15, 0.2) is 0 Å². The van der Waals surface area contributed by atoms with Gasteiger partial charge in [-0.3, -0.25) is 0 Å². The molecule has 0 bridgehead atoms. The quantitative estimate of drug-likeness (QED) is 0.764. The van der Waals surface area contributed by atoms with Gasteiger partial charge in [-0.15, -0.1) is 0 Å². The van der Waals surface area contributed by atoms with E-state index in [9.17, 15) is 0 Å². The third-order valence-electron chi connectivity index (χ3n) is 3.46. The number of nitrogens with one attached hydrogen (secondary N) is 1. The number of hydrogen-bond acceptors (Lipinski definition) is 1. The third kappa shape index (κ3) is 3.85. The molecule has 2 aromatic carbocycles. The normalized spacial score (nSPS) is 10.5. The van der Waals surface area contributed by atoms with E-state index < -0.39 is 0 Å². The van der Waals surface area contributed by atoms with Crippen LogP contribution in [0.4, 0.5) is 5.69 Å². The molecule has 0 aliphatic carbocycles. The molecule has 1 N–H and O–H groups in total. The Balaban J connectivity index is 1.86. The first-order valence-electron chi connectivity index (χ1n) is 7.02. The molecule has 100 valence electrons. The van der Waals surface area contributed by atoms with E-state index in [4.69, 9.17) is 0 Å². The predicted octanol–water partition coefficient (Wildman–Crippen LogP) is 4.66. The van der Waals surface area contributed by atoms with Crippen LogP contribution in [0.1, 0.15) is 28.7 Å². The Labute approximate surface area is 116 Å². The van der Waals surface area contributed by atoms with Crippen molar-refractivity contribution >= 4 is 5.69 Å². The highest BCUT2D eigenvalue weighted by Gasteiger charge is 2.02. The molecule has 19 heavy (non-hydrogen) atoms. The molecule has 0 spiro atoms. The summed E-state index contributed by atoms with van der Waals surface area (Å²) in [5.74, 6) is 0. The molecule has 0 saturated heterocycles. The van der Waals surface area contributed by atoms with Crippen molar-refractivity contribution in [3.8, 4) is 0 Å². The van der Waals surface area contributed by atoms with Crippen molar-refractivity contribution in [2.75, 3.05) is 11.9 Å². The zero-order valence-electron chi connectivity index (χ0n) is 12.2. The largest absolute Gasteiger partial charge is 0.385 e. The fourth-order valence-corrected chi connectivity index (χ4v) is 2.61. The maximum Gasteiger partial charge on any atom is 0.0399 e. The van der Waals surface area contributed by atoms with Gasteiger partial charge in [0.25, 0.3) is 0 Å². The molecule has 0 aliphatic heterocycles. The lowest BCUT2D eigenvalue weighted by Gasteiger charge is -2.13. The minimum Gasteiger partial charge on any atom is -0.385 e. The Kier molecular flexibility index (Phi) is 4.62. The van der Waals surface area contributed by atoms with Crippen LogP contribution in [0.3, 0.4) is 0 Å². The summed E-state index contributed by atoms with van der Waals surface area (Å²) in [6.07, 6.45) is 2.30. The molecular weight excluding hydrogens is 230 g/mol. The Morgan fingerprint density at radius 1 is 0.895 bits per heavy atom. The SMILES string of the molecule is Cc1cc(C)c(NCCCc2ccccc2)c(C)c1. The maximum absolute atomic E-state index is 3.58. The fraction of sp³-hybridized carbons (Fsp3) is 0.333. The van der Waals surface area contributed by atoms with Gasteiger partial charge >= 0.3 is 0 Å². The fourth-order valence-electron chi connectivity index (χ4n) is 2.61. The summed E-state index contributed by atoms with van der Waals surface area (Å²) >= 11 is 0. The van der Waals surface area contributed by atoms with Crippen LogP contribution < -0.4 is 5.32 Å². The summed E-state index contributed by atoms with van der Waals surface area (Å²) in [7, 11) is 0. The van der Waals surface area contributed by atoms with Crippen LogP contribution in [-0.2, 0) is 6.42 Å². The van der Waals surface area contributed by atoms with Gasteiger partial charge < -0.3 is 5.32 Å². The van der Waals surface area contributed by atoms with E-state index in [0.29, 0.717) is 0 Å². The van der Waals surface area contributed by atoms with E-state index in [1.807, 2.05) is 0 Å².